The number of rotatable bonds is 5. The summed E-state index contributed by atoms with van der Waals surface area (Å²) in [6.45, 7) is 4.62. The fourth-order valence-electron chi connectivity index (χ4n) is 1.86. The molecule has 0 amide bonds. The van der Waals surface area contributed by atoms with Crippen molar-refractivity contribution >= 4 is 16.0 Å². The molecule has 0 aromatic heterocycles. The van der Waals surface area contributed by atoms with Gasteiger partial charge in [-0.05, 0) is 19.9 Å². The summed E-state index contributed by atoms with van der Waals surface area (Å²) < 4.78 is 25.3. The van der Waals surface area contributed by atoms with E-state index in [-0.39, 0.29) is 6.04 Å². The first-order valence-corrected chi connectivity index (χ1v) is 6.85. The van der Waals surface area contributed by atoms with E-state index in [0.29, 0.717) is 13.1 Å². The highest BCUT2D eigenvalue weighted by Crippen LogP contribution is 2.17. The second-order valence-corrected chi connectivity index (χ2v) is 6.08. The Balaban J connectivity index is 2.90. The van der Waals surface area contributed by atoms with Gasteiger partial charge in [-0.25, -0.2) is 8.42 Å². The standard InChI is InChI=1S/C9H18N2O4S/c1-3-11(8-4-5-10-6-8)16(14,15)7(2)9(12)13/h7-8,10H,3-6H2,1-2H3,(H,12,13). The maximum absolute atomic E-state index is 12.0. The molecule has 2 N–H and O–H groups in total. The Morgan fingerprint density at radius 3 is 2.62 bits per heavy atom. The summed E-state index contributed by atoms with van der Waals surface area (Å²) in [6, 6.07) is -0.114. The first-order chi connectivity index (χ1) is 7.41. The van der Waals surface area contributed by atoms with Crippen LogP contribution in [0.2, 0.25) is 0 Å². The molecule has 2 atom stereocenters. The van der Waals surface area contributed by atoms with Gasteiger partial charge >= 0.3 is 5.97 Å². The molecule has 1 aliphatic heterocycles. The lowest BCUT2D eigenvalue weighted by atomic mass is 10.3. The molecule has 1 heterocycles. The van der Waals surface area contributed by atoms with Gasteiger partial charge in [0.05, 0.1) is 0 Å². The van der Waals surface area contributed by atoms with Crippen LogP contribution in [0, 0.1) is 0 Å². The van der Waals surface area contributed by atoms with Crippen LogP contribution in [-0.4, -0.2) is 54.7 Å². The van der Waals surface area contributed by atoms with Crippen molar-refractivity contribution in [1.82, 2.24) is 9.62 Å². The minimum Gasteiger partial charge on any atom is -0.480 e. The fourth-order valence-corrected chi connectivity index (χ4v) is 3.48. The van der Waals surface area contributed by atoms with E-state index >= 15 is 0 Å². The normalized spacial score (nSPS) is 23.6. The molecular formula is C9H18N2O4S. The number of carbonyl (C=O) groups is 1. The number of nitrogens with one attached hydrogen (secondary N) is 1. The lowest BCUT2D eigenvalue weighted by molar-refractivity contribution is -0.136. The van der Waals surface area contributed by atoms with Crippen molar-refractivity contribution < 1.29 is 18.3 Å². The van der Waals surface area contributed by atoms with E-state index < -0.39 is 21.2 Å². The quantitative estimate of drug-likeness (QED) is 0.685. The Bertz CT molecular complexity index is 349. The Hall–Kier alpha value is -0.660. The summed E-state index contributed by atoms with van der Waals surface area (Å²) in [4.78, 5) is 10.8. The third kappa shape index (κ3) is 2.53. The minimum atomic E-state index is -3.74. The largest absolute Gasteiger partial charge is 0.480 e. The fraction of sp³-hybridized carbons (Fsp3) is 0.889. The third-order valence-corrected chi connectivity index (χ3v) is 5.18. The summed E-state index contributed by atoms with van der Waals surface area (Å²) in [5, 5.41) is 10.5. The van der Waals surface area contributed by atoms with Gasteiger partial charge in [-0.15, -0.1) is 0 Å². The van der Waals surface area contributed by atoms with Gasteiger partial charge in [0, 0.05) is 19.1 Å². The van der Waals surface area contributed by atoms with Crippen LogP contribution in [0.4, 0.5) is 0 Å². The van der Waals surface area contributed by atoms with Crippen LogP contribution in [0.3, 0.4) is 0 Å². The monoisotopic (exact) mass is 250 g/mol. The Labute approximate surface area is 95.7 Å². The Morgan fingerprint density at radius 1 is 1.62 bits per heavy atom. The van der Waals surface area contributed by atoms with Crippen LogP contribution in [0.15, 0.2) is 0 Å². The molecule has 94 valence electrons. The summed E-state index contributed by atoms with van der Waals surface area (Å²) in [7, 11) is -3.74. The zero-order valence-corrected chi connectivity index (χ0v) is 10.3. The number of hydrogen-bond donors (Lipinski definition) is 2. The van der Waals surface area contributed by atoms with Crippen molar-refractivity contribution in [3.05, 3.63) is 0 Å². The number of carboxylic acids is 1. The predicted molar refractivity (Wildman–Crippen MR) is 59.7 cm³/mol. The average molecular weight is 250 g/mol. The maximum Gasteiger partial charge on any atom is 0.323 e. The van der Waals surface area contributed by atoms with Crippen molar-refractivity contribution in [2.75, 3.05) is 19.6 Å². The zero-order valence-electron chi connectivity index (χ0n) is 9.51. The molecule has 0 spiro atoms. The highest BCUT2D eigenvalue weighted by molar-refractivity contribution is 7.90. The van der Waals surface area contributed by atoms with Gasteiger partial charge in [-0.2, -0.15) is 4.31 Å². The van der Waals surface area contributed by atoms with Gasteiger partial charge in [-0.3, -0.25) is 4.79 Å². The predicted octanol–water partition coefficient (Wildman–Crippen LogP) is -0.527. The lowest BCUT2D eigenvalue weighted by Gasteiger charge is -2.27. The molecule has 0 aromatic carbocycles. The van der Waals surface area contributed by atoms with E-state index in [2.05, 4.69) is 5.32 Å². The van der Waals surface area contributed by atoms with E-state index in [1.54, 1.807) is 6.92 Å². The molecule has 2 unspecified atom stereocenters. The molecule has 0 radical (unpaired) electrons. The third-order valence-electron chi connectivity index (χ3n) is 2.87. The Kier molecular flexibility index (Phi) is 4.28. The van der Waals surface area contributed by atoms with Crippen LogP contribution in [0.25, 0.3) is 0 Å². The van der Waals surface area contributed by atoms with Gasteiger partial charge in [-0.1, -0.05) is 6.92 Å². The number of hydrogen-bond acceptors (Lipinski definition) is 4. The maximum atomic E-state index is 12.0. The molecule has 0 bridgehead atoms. The average Bonchev–Trinajstić information content (AvgIpc) is 2.70. The smallest absolute Gasteiger partial charge is 0.323 e. The van der Waals surface area contributed by atoms with Gasteiger partial charge in [0.15, 0.2) is 5.25 Å². The van der Waals surface area contributed by atoms with Crippen molar-refractivity contribution in [2.45, 2.75) is 31.6 Å². The summed E-state index contributed by atoms with van der Waals surface area (Å²) in [5.74, 6) is -1.30. The summed E-state index contributed by atoms with van der Waals surface area (Å²) in [5.41, 5.74) is 0. The molecular weight excluding hydrogens is 232 g/mol. The van der Waals surface area contributed by atoms with E-state index in [1.807, 2.05) is 0 Å². The molecule has 16 heavy (non-hydrogen) atoms. The highest BCUT2D eigenvalue weighted by Gasteiger charge is 2.37. The van der Waals surface area contributed by atoms with Crippen molar-refractivity contribution in [3.8, 4) is 0 Å². The van der Waals surface area contributed by atoms with E-state index in [0.717, 1.165) is 13.0 Å². The molecule has 1 fully saturated rings. The first-order valence-electron chi connectivity index (χ1n) is 5.35. The van der Waals surface area contributed by atoms with Gasteiger partial charge in [0.1, 0.15) is 0 Å². The lowest BCUT2D eigenvalue weighted by Crippen LogP contribution is -2.47. The first kappa shape index (κ1) is 13.4. The van der Waals surface area contributed by atoms with Crippen molar-refractivity contribution in [1.29, 1.82) is 0 Å². The molecule has 6 nitrogen and oxygen atoms in total. The number of carboxylic acid groups (broad SMARTS) is 1. The molecule has 1 rings (SSSR count). The zero-order chi connectivity index (χ0) is 12.3. The molecule has 1 saturated heterocycles. The van der Waals surface area contributed by atoms with Gasteiger partial charge < -0.3 is 10.4 Å². The number of aliphatic carboxylic acids is 1. The molecule has 0 saturated carbocycles. The van der Waals surface area contributed by atoms with E-state index in [4.69, 9.17) is 5.11 Å². The van der Waals surface area contributed by atoms with E-state index in [1.165, 1.54) is 11.2 Å². The van der Waals surface area contributed by atoms with Crippen LogP contribution in [0.1, 0.15) is 20.3 Å². The van der Waals surface area contributed by atoms with Crippen LogP contribution >= 0.6 is 0 Å². The van der Waals surface area contributed by atoms with Crippen molar-refractivity contribution in [2.24, 2.45) is 0 Å². The molecule has 7 heteroatoms. The minimum absolute atomic E-state index is 0.114. The summed E-state index contributed by atoms with van der Waals surface area (Å²) in [6.07, 6.45) is 0.736. The molecule has 1 aliphatic rings. The second-order valence-electron chi connectivity index (χ2n) is 3.88. The van der Waals surface area contributed by atoms with Gasteiger partial charge in [0.2, 0.25) is 10.0 Å². The molecule has 0 aromatic rings. The van der Waals surface area contributed by atoms with Crippen molar-refractivity contribution in [3.63, 3.8) is 0 Å². The van der Waals surface area contributed by atoms with Crippen LogP contribution in [-0.2, 0) is 14.8 Å². The second kappa shape index (κ2) is 5.11. The number of nitrogens with zero attached hydrogens (tertiary/aromatic N) is 1. The van der Waals surface area contributed by atoms with Crippen LogP contribution in [0.5, 0.6) is 0 Å². The van der Waals surface area contributed by atoms with Crippen LogP contribution < -0.4 is 5.32 Å². The SMILES string of the molecule is CCN(C1CCNC1)S(=O)(=O)C(C)C(=O)O. The van der Waals surface area contributed by atoms with E-state index in [9.17, 15) is 13.2 Å². The van der Waals surface area contributed by atoms with Gasteiger partial charge in [0.25, 0.3) is 0 Å². The number of likely N-dealkylation sites (N-methyl/N-ethyl adjacent to an activating group) is 1. The number of sulfonamides is 1. The highest BCUT2D eigenvalue weighted by atomic mass is 32.2. The molecule has 0 aliphatic carbocycles. The topological polar surface area (TPSA) is 86.7 Å². The summed E-state index contributed by atoms with van der Waals surface area (Å²) >= 11 is 0. The Morgan fingerprint density at radius 2 is 2.25 bits per heavy atom.